The fraction of sp³-hybridized carbons (Fsp3) is 0.692. The average molecular weight is 193 g/mol. The molecule has 0 aliphatic carbocycles. The maximum Gasteiger partial charge on any atom is 0.0228 e. The molecular weight excluding hydrogens is 170 g/mol. The van der Waals surface area contributed by atoms with Gasteiger partial charge in [0.15, 0.2) is 0 Å². The number of rotatable bonds is 0. The molecule has 0 bridgehead atoms. The van der Waals surface area contributed by atoms with Crippen LogP contribution in [0.4, 0.5) is 0 Å². The van der Waals surface area contributed by atoms with Crippen LogP contribution in [0.1, 0.15) is 52.9 Å². The predicted molar refractivity (Wildman–Crippen MR) is 62.8 cm³/mol. The van der Waals surface area contributed by atoms with Gasteiger partial charge in [0.25, 0.3) is 0 Å². The first-order chi connectivity index (χ1) is 6.14. The summed E-state index contributed by atoms with van der Waals surface area (Å²) in [7, 11) is 2.17. The van der Waals surface area contributed by atoms with Gasteiger partial charge in [0.2, 0.25) is 0 Å². The molecule has 1 heterocycles. The predicted octanol–water partition coefficient (Wildman–Crippen LogP) is 3.62. The molecule has 1 aromatic heterocycles. The van der Waals surface area contributed by atoms with Crippen molar-refractivity contribution in [1.82, 2.24) is 4.57 Å². The van der Waals surface area contributed by atoms with Gasteiger partial charge in [-0.05, 0) is 12.1 Å². The van der Waals surface area contributed by atoms with Crippen LogP contribution in [-0.2, 0) is 17.9 Å². The molecule has 0 radical (unpaired) electrons. The van der Waals surface area contributed by atoms with E-state index in [1.54, 1.807) is 0 Å². The Morgan fingerprint density at radius 2 is 1.07 bits per heavy atom. The number of hydrogen-bond donors (Lipinski definition) is 0. The van der Waals surface area contributed by atoms with E-state index in [9.17, 15) is 0 Å². The summed E-state index contributed by atoms with van der Waals surface area (Å²) in [5.74, 6) is 0. The number of aromatic nitrogens is 1. The summed E-state index contributed by atoms with van der Waals surface area (Å²) in [5, 5.41) is 0. The molecule has 0 saturated carbocycles. The molecule has 0 atom stereocenters. The minimum absolute atomic E-state index is 0.234. The molecule has 1 nitrogen and oxygen atoms in total. The summed E-state index contributed by atoms with van der Waals surface area (Å²) in [6.07, 6.45) is 0. The Kier molecular flexibility index (Phi) is 2.55. The van der Waals surface area contributed by atoms with Gasteiger partial charge in [-0.1, -0.05) is 41.5 Å². The van der Waals surface area contributed by atoms with Gasteiger partial charge in [-0.15, -0.1) is 0 Å². The van der Waals surface area contributed by atoms with Crippen molar-refractivity contribution in [3.8, 4) is 0 Å². The van der Waals surface area contributed by atoms with Gasteiger partial charge in [-0.3, -0.25) is 0 Å². The molecule has 1 rings (SSSR count). The lowest BCUT2D eigenvalue weighted by atomic mass is 9.92. The summed E-state index contributed by atoms with van der Waals surface area (Å²) in [4.78, 5) is 0. The summed E-state index contributed by atoms with van der Waals surface area (Å²) >= 11 is 0. The minimum atomic E-state index is 0.234. The van der Waals surface area contributed by atoms with Crippen molar-refractivity contribution in [1.29, 1.82) is 0 Å². The highest BCUT2D eigenvalue weighted by atomic mass is 15.0. The van der Waals surface area contributed by atoms with Crippen LogP contribution in [0.2, 0.25) is 0 Å². The number of hydrogen-bond acceptors (Lipinski definition) is 0. The van der Waals surface area contributed by atoms with Crippen LogP contribution in [0.3, 0.4) is 0 Å². The lowest BCUT2D eigenvalue weighted by Crippen LogP contribution is -2.21. The van der Waals surface area contributed by atoms with Gasteiger partial charge < -0.3 is 4.57 Å². The van der Waals surface area contributed by atoms with Crippen LogP contribution >= 0.6 is 0 Å². The number of nitrogens with zero attached hydrogens (tertiary/aromatic N) is 1. The van der Waals surface area contributed by atoms with Crippen LogP contribution in [0.15, 0.2) is 12.1 Å². The Morgan fingerprint density at radius 1 is 0.786 bits per heavy atom. The van der Waals surface area contributed by atoms with Crippen molar-refractivity contribution in [2.24, 2.45) is 7.05 Å². The topological polar surface area (TPSA) is 4.93 Å². The molecule has 1 heteroatoms. The highest BCUT2D eigenvalue weighted by molar-refractivity contribution is 5.26. The normalized spacial score (nSPS) is 13.4. The molecule has 0 unspecified atom stereocenters. The van der Waals surface area contributed by atoms with Crippen molar-refractivity contribution < 1.29 is 0 Å². The Bertz CT molecular complexity index is 286. The first-order valence-electron chi connectivity index (χ1n) is 5.31. The molecule has 0 saturated heterocycles. The zero-order valence-electron chi connectivity index (χ0n) is 10.6. The lowest BCUT2D eigenvalue weighted by Gasteiger charge is -2.25. The molecule has 0 N–H and O–H groups in total. The fourth-order valence-corrected chi connectivity index (χ4v) is 2.02. The molecule has 0 spiro atoms. The van der Waals surface area contributed by atoms with Crippen LogP contribution in [0, 0.1) is 0 Å². The van der Waals surface area contributed by atoms with Gasteiger partial charge in [-0.25, -0.2) is 0 Å². The highest BCUT2D eigenvalue weighted by Crippen LogP contribution is 2.29. The van der Waals surface area contributed by atoms with Crippen molar-refractivity contribution in [3.05, 3.63) is 23.5 Å². The van der Waals surface area contributed by atoms with E-state index in [1.165, 1.54) is 11.4 Å². The van der Waals surface area contributed by atoms with Gasteiger partial charge in [0.1, 0.15) is 0 Å². The molecule has 1 aromatic rings. The van der Waals surface area contributed by atoms with Crippen LogP contribution in [0.25, 0.3) is 0 Å². The Morgan fingerprint density at radius 3 is 1.21 bits per heavy atom. The van der Waals surface area contributed by atoms with Crippen molar-refractivity contribution in [3.63, 3.8) is 0 Å². The third-order valence-electron chi connectivity index (χ3n) is 2.66. The SMILES string of the molecule is Cn1c(C(C)(C)C)ccc1C(C)(C)C. The van der Waals surface area contributed by atoms with E-state index in [4.69, 9.17) is 0 Å². The second kappa shape index (κ2) is 3.15. The maximum atomic E-state index is 2.33. The fourth-order valence-electron chi connectivity index (χ4n) is 2.02. The quantitative estimate of drug-likeness (QED) is 0.593. The zero-order valence-corrected chi connectivity index (χ0v) is 10.6. The van der Waals surface area contributed by atoms with Crippen molar-refractivity contribution in [2.75, 3.05) is 0 Å². The summed E-state index contributed by atoms with van der Waals surface area (Å²) in [6.45, 7) is 13.6. The van der Waals surface area contributed by atoms with E-state index in [0.717, 1.165) is 0 Å². The van der Waals surface area contributed by atoms with E-state index in [0.29, 0.717) is 0 Å². The van der Waals surface area contributed by atoms with Crippen LogP contribution in [-0.4, -0.2) is 4.57 Å². The first kappa shape index (κ1) is 11.4. The molecule has 0 fully saturated rings. The lowest BCUT2D eigenvalue weighted by molar-refractivity contribution is 0.497. The molecule has 14 heavy (non-hydrogen) atoms. The second-order valence-electron chi connectivity index (χ2n) is 6.16. The molecule has 0 aliphatic heterocycles. The maximum absolute atomic E-state index is 2.33. The Labute approximate surface area is 88.1 Å². The standard InChI is InChI=1S/C13H23N/c1-12(2,3)10-8-9-11(14(10)7)13(4,5)6/h8-9H,1-7H3. The van der Waals surface area contributed by atoms with E-state index < -0.39 is 0 Å². The van der Waals surface area contributed by atoms with Crippen molar-refractivity contribution in [2.45, 2.75) is 52.4 Å². The summed E-state index contributed by atoms with van der Waals surface area (Å²) < 4.78 is 2.33. The average Bonchev–Trinajstić information content (AvgIpc) is 2.26. The van der Waals surface area contributed by atoms with E-state index in [-0.39, 0.29) is 10.8 Å². The largest absolute Gasteiger partial charge is 0.351 e. The molecule has 0 aromatic carbocycles. The highest BCUT2D eigenvalue weighted by Gasteiger charge is 2.23. The van der Waals surface area contributed by atoms with E-state index in [1.807, 2.05) is 0 Å². The third kappa shape index (κ3) is 2.02. The molecule has 0 amide bonds. The third-order valence-corrected chi connectivity index (χ3v) is 2.66. The van der Waals surface area contributed by atoms with Crippen molar-refractivity contribution >= 4 is 0 Å². The second-order valence-corrected chi connectivity index (χ2v) is 6.16. The van der Waals surface area contributed by atoms with Gasteiger partial charge in [0, 0.05) is 29.3 Å². The van der Waals surface area contributed by atoms with E-state index in [2.05, 4.69) is 65.3 Å². The smallest absolute Gasteiger partial charge is 0.0228 e. The summed E-state index contributed by atoms with van der Waals surface area (Å²) in [5.41, 5.74) is 3.28. The van der Waals surface area contributed by atoms with Gasteiger partial charge in [0.05, 0.1) is 0 Å². The zero-order chi connectivity index (χ0) is 11.1. The van der Waals surface area contributed by atoms with E-state index >= 15 is 0 Å². The monoisotopic (exact) mass is 193 g/mol. The minimum Gasteiger partial charge on any atom is -0.351 e. The molecule has 0 aliphatic rings. The van der Waals surface area contributed by atoms with Crippen LogP contribution < -0.4 is 0 Å². The first-order valence-corrected chi connectivity index (χ1v) is 5.31. The Hall–Kier alpha value is -0.720. The van der Waals surface area contributed by atoms with Crippen LogP contribution in [0.5, 0.6) is 0 Å². The van der Waals surface area contributed by atoms with Gasteiger partial charge >= 0.3 is 0 Å². The molecular formula is C13H23N. The Balaban J connectivity index is 3.23. The van der Waals surface area contributed by atoms with Gasteiger partial charge in [-0.2, -0.15) is 0 Å². The summed E-state index contributed by atoms with van der Waals surface area (Å²) in [6, 6.07) is 4.50. The molecule has 80 valence electrons.